The van der Waals surface area contributed by atoms with E-state index in [1.54, 1.807) is 0 Å². The van der Waals surface area contributed by atoms with Gasteiger partial charge in [0.2, 0.25) is 0 Å². The van der Waals surface area contributed by atoms with E-state index in [1.807, 2.05) is 31.2 Å². The number of nitrogens with zero attached hydrogens (tertiary/aromatic N) is 1. The van der Waals surface area contributed by atoms with Crippen molar-refractivity contribution in [1.29, 1.82) is 0 Å². The Morgan fingerprint density at radius 2 is 1.95 bits per heavy atom. The number of carbonyl (C=O) groups is 2. The third-order valence-corrected chi connectivity index (χ3v) is 3.76. The maximum absolute atomic E-state index is 11.9. The molecule has 6 heteroatoms. The van der Waals surface area contributed by atoms with E-state index in [9.17, 15) is 9.59 Å². The predicted octanol–water partition coefficient (Wildman–Crippen LogP) is 2.24. The lowest BCUT2D eigenvalue weighted by Crippen LogP contribution is -2.56. The molecule has 1 aromatic rings. The van der Waals surface area contributed by atoms with Crippen LogP contribution in [0.25, 0.3) is 0 Å². The second kappa shape index (κ2) is 5.61. The van der Waals surface area contributed by atoms with Gasteiger partial charge in [-0.3, -0.25) is 4.79 Å². The standard InChI is InChI=1S/C13H15BrN2O3/c1-8(9-2-4-11(14)5-3-9)15-13(19)16-6-10(7-16)12(17)18/h2-5,8,10H,6-7H2,1H3,(H,15,19)(H,17,18). The molecule has 19 heavy (non-hydrogen) atoms. The van der Waals surface area contributed by atoms with Gasteiger partial charge in [-0.2, -0.15) is 0 Å². The molecule has 1 aromatic carbocycles. The number of aliphatic carboxylic acids is 1. The van der Waals surface area contributed by atoms with Crippen LogP contribution in [0.15, 0.2) is 28.7 Å². The van der Waals surface area contributed by atoms with Crippen LogP contribution in [0.3, 0.4) is 0 Å². The Morgan fingerprint density at radius 1 is 1.37 bits per heavy atom. The lowest BCUT2D eigenvalue weighted by molar-refractivity contribution is -0.146. The molecule has 2 amide bonds. The first-order chi connectivity index (χ1) is 8.97. The summed E-state index contributed by atoms with van der Waals surface area (Å²) in [5, 5.41) is 11.6. The van der Waals surface area contributed by atoms with E-state index < -0.39 is 11.9 Å². The fourth-order valence-corrected chi connectivity index (χ4v) is 2.18. The summed E-state index contributed by atoms with van der Waals surface area (Å²) in [6.45, 7) is 2.47. The Labute approximate surface area is 119 Å². The summed E-state index contributed by atoms with van der Waals surface area (Å²) in [5.41, 5.74) is 1.01. The number of rotatable bonds is 3. The summed E-state index contributed by atoms with van der Waals surface area (Å²) in [7, 11) is 0. The summed E-state index contributed by atoms with van der Waals surface area (Å²) in [4.78, 5) is 24.0. The van der Waals surface area contributed by atoms with Gasteiger partial charge in [-0.1, -0.05) is 28.1 Å². The fraction of sp³-hybridized carbons (Fsp3) is 0.385. The van der Waals surface area contributed by atoms with E-state index in [4.69, 9.17) is 5.11 Å². The zero-order chi connectivity index (χ0) is 14.0. The number of carboxylic acid groups (broad SMARTS) is 1. The molecule has 0 aromatic heterocycles. The highest BCUT2D eigenvalue weighted by atomic mass is 79.9. The van der Waals surface area contributed by atoms with Gasteiger partial charge in [-0.05, 0) is 24.6 Å². The van der Waals surface area contributed by atoms with Gasteiger partial charge in [0.05, 0.1) is 12.0 Å². The molecule has 5 nitrogen and oxygen atoms in total. The minimum Gasteiger partial charge on any atom is -0.481 e. The number of amides is 2. The zero-order valence-corrected chi connectivity index (χ0v) is 12.1. The molecule has 102 valence electrons. The predicted molar refractivity (Wildman–Crippen MR) is 73.8 cm³/mol. The molecular weight excluding hydrogens is 312 g/mol. The van der Waals surface area contributed by atoms with Crippen LogP contribution in [0.5, 0.6) is 0 Å². The van der Waals surface area contributed by atoms with Crippen LogP contribution in [0.4, 0.5) is 4.79 Å². The van der Waals surface area contributed by atoms with Gasteiger partial charge in [0, 0.05) is 17.6 Å². The second-order valence-electron chi connectivity index (χ2n) is 4.66. The molecule has 0 aliphatic carbocycles. The minimum atomic E-state index is -0.843. The van der Waals surface area contributed by atoms with E-state index >= 15 is 0 Å². The maximum Gasteiger partial charge on any atom is 0.317 e. The summed E-state index contributed by atoms with van der Waals surface area (Å²) in [5.74, 6) is -1.27. The van der Waals surface area contributed by atoms with Gasteiger partial charge < -0.3 is 15.3 Å². The Morgan fingerprint density at radius 3 is 2.47 bits per heavy atom. The summed E-state index contributed by atoms with van der Waals surface area (Å²) in [6.07, 6.45) is 0. The smallest absolute Gasteiger partial charge is 0.317 e. The number of halogens is 1. The molecule has 1 saturated heterocycles. The van der Waals surface area contributed by atoms with E-state index in [0.29, 0.717) is 0 Å². The van der Waals surface area contributed by atoms with Gasteiger partial charge in [0.1, 0.15) is 0 Å². The Hall–Kier alpha value is -1.56. The van der Waals surface area contributed by atoms with E-state index in [2.05, 4.69) is 21.2 Å². The van der Waals surface area contributed by atoms with Crippen LogP contribution in [0.2, 0.25) is 0 Å². The molecule has 2 rings (SSSR count). The Kier molecular flexibility index (Phi) is 4.09. The third-order valence-electron chi connectivity index (χ3n) is 3.23. The van der Waals surface area contributed by atoms with Crippen LogP contribution >= 0.6 is 15.9 Å². The van der Waals surface area contributed by atoms with Gasteiger partial charge in [-0.15, -0.1) is 0 Å². The van der Waals surface area contributed by atoms with Gasteiger partial charge in [0.15, 0.2) is 0 Å². The average Bonchev–Trinajstić information content (AvgIpc) is 2.26. The SMILES string of the molecule is CC(NC(=O)N1CC(C(=O)O)C1)c1ccc(Br)cc1. The first kappa shape index (κ1) is 13.9. The van der Waals surface area contributed by atoms with Crippen molar-refractivity contribution in [2.24, 2.45) is 5.92 Å². The van der Waals surface area contributed by atoms with Crippen LogP contribution in [-0.4, -0.2) is 35.1 Å². The quantitative estimate of drug-likeness (QED) is 0.894. The van der Waals surface area contributed by atoms with Crippen molar-refractivity contribution in [2.45, 2.75) is 13.0 Å². The number of hydrogen-bond acceptors (Lipinski definition) is 2. The molecule has 0 saturated carbocycles. The number of likely N-dealkylation sites (tertiary alicyclic amines) is 1. The van der Waals surface area contributed by atoms with Crippen LogP contribution in [-0.2, 0) is 4.79 Å². The van der Waals surface area contributed by atoms with Crippen molar-refractivity contribution in [3.05, 3.63) is 34.3 Å². The fourth-order valence-electron chi connectivity index (χ4n) is 1.91. The third kappa shape index (κ3) is 3.26. The first-order valence-electron chi connectivity index (χ1n) is 6.01. The molecule has 0 bridgehead atoms. The van der Waals surface area contributed by atoms with Crippen molar-refractivity contribution in [3.63, 3.8) is 0 Å². The monoisotopic (exact) mass is 326 g/mol. The van der Waals surface area contributed by atoms with Crippen molar-refractivity contribution >= 4 is 27.9 Å². The Bertz CT molecular complexity index is 483. The molecule has 0 spiro atoms. The number of benzene rings is 1. The number of carboxylic acids is 1. The van der Waals surface area contributed by atoms with Crippen molar-refractivity contribution in [1.82, 2.24) is 10.2 Å². The highest BCUT2D eigenvalue weighted by molar-refractivity contribution is 9.10. The van der Waals surface area contributed by atoms with E-state index in [1.165, 1.54) is 4.90 Å². The summed E-state index contributed by atoms with van der Waals surface area (Å²) in [6, 6.07) is 7.39. The molecule has 2 N–H and O–H groups in total. The lowest BCUT2D eigenvalue weighted by atomic mass is 10.0. The van der Waals surface area contributed by atoms with Gasteiger partial charge >= 0.3 is 12.0 Å². The number of carbonyl (C=O) groups excluding carboxylic acids is 1. The van der Waals surface area contributed by atoms with Crippen LogP contribution < -0.4 is 5.32 Å². The van der Waals surface area contributed by atoms with Gasteiger partial charge in [0.25, 0.3) is 0 Å². The van der Waals surface area contributed by atoms with Crippen LogP contribution in [0.1, 0.15) is 18.5 Å². The number of nitrogens with one attached hydrogen (secondary N) is 1. The minimum absolute atomic E-state index is 0.107. The summed E-state index contributed by atoms with van der Waals surface area (Å²) < 4.78 is 0.988. The average molecular weight is 327 g/mol. The van der Waals surface area contributed by atoms with Crippen LogP contribution in [0, 0.1) is 5.92 Å². The highest BCUT2D eigenvalue weighted by Crippen LogP contribution is 2.19. The molecule has 0 radical (unpaired) electrons. The van der Waals surface area contributed by atoms with E-state index in [-0.39, 0.29) is 25.2 Å². The largest absolute Gasteiger partial charge is 0.481 e. The van der Waals surface area contributed by atoms with Crippen molar-refractivity contribution < 1.29 is 14.7 Å². The maximum atomic E-state index is 11.9. The lowest BCUT2D eigenvalue weighted by Gasteiger charge is -2.37. The molecular formula is C13H15BrN2O3. The van der Waals surface area contributed by atoms with Gasteiger partial charge in [-0.25, -0.2) is 4.79 Å². The van der Waals surface area contributed by atoms with E-state index in [0.717, 1.165) is 10.0 Å². The normalized spacial score (nSPS) is 16.6. The Balaban J connectivity index is 1.86. The topological polar surface area (TPSA) is 69.6 Å². The number of hydrogen-bond donors (Lipinski definition) is 2. The molecule has 1 unspecified atom stereocenters. The second-order valence-corrected chi connectivity index (χ2v) is 5.58. The molecule has 1 heterocycles. The van der Waals surface area contributed by atoms with Crippen molar-refractivity contribution in [2.75, 3.05) is 13.1 Å². The molecule has 1 atom stereocenters. The highest BCUT2D eigenvalue weighted by Gasteiger charge is 2.35. The molecule has 1 fully saturated rings. The number of urea groups is 1. The van der Waals surface area contributed by atoms with Crippen molar-refractivity contribution in [3.8, 4) is 0 Å². The molecule has 1 aliphatic rings. The zero-order valence-electron chi connectivity index (χ0n) is 10.5. The molecule has 1 aliphatic heterocycles. The summed E-state index contributed by atoms with van der Waals surface area (Å²) >= 11 is 3.36. The first-order valence-corrected chi connectivity index (χ1v) is 6.80.